The SMILES string of the molecule is COc1ccc(NC(=O)c2cnc(-c3ccccc3)s2)cc1SNc1c(C)cccc1C. The lowest BCUT2D eigenvalue weighted by Gasteiger charge is -2.14. The summed E-state index contributed by atoms with van der Waals surface area (Å²) in [6.45, 7) is 4.14. The van der Waals surface area contributed by atoms with Crippen molar-refractivity contribution in [1.82, 2.24) is 4.98 Å². The Balaban J connectivity index is 1.50. The van der Waals surface area contributed by atoms with E-state index >= 15 is 0 Å². The zero-order valence-corrected chi connectivity index (χ0v) is 19.6. The number of para-hydroxylation sites is 1. The van der Waals surface area contributed by atoms with Crippen LogP contribution in [-0.4, -0.2) is 18.0 Å². The zero-order chi connectivity index (χ0) is 22.5. The van der Waals surface area contributed by atoms with Gasteiger partial charge in [0.05, 0.1) is 23.9 Å². The number of hydrogen-bond acceptors (Lipinski definition) is 6. The summed E-state index contributed by atoms with van der Waals surface area (Å²) in [6, 6.07) is 21.6. The lowest BCUT2D eigenvalue weighted by molar-refractivity contribution is 0.103. The summed E-state index contributed by atoms with van der Waals surface area (Å²) in [7, 11) is 1.64. The van der Waals surface area contributed by atoms with E-state index in [1.54, 1.807) is 13.3 Å². The van der Waals surface area contributed by atoms with Crippen LogP contribution in [0, 0.1) is 13.8 Å². The van der Waals surface area contributed by atoms with Crippen LogP contribution in [0.25, 0.3) is 10.6 Å². The van der Waals surface area contributed by atoms with Gasteiger partial charge in [0.2, 0.25) is 0 Å². The van der Waals surface area contributed by atoms with Crippen LogP contribution in [0.1, 0.15) is 20.8 Å². The molecule has 32 heavy (non-hydrogen) atoms. The van der Waals surface area contributed by atoms with Gasteiger partial charge in [-0.2, -0.15) is 0 Å². The molecule has 0 bridgehead atoms. The van der Waals surface area contributed by atoms with Gasteiger partial charge in [-0.15, -0.1) is 11.3 Å². The maximum absolute atomic E-state index is 12.8. The van der Waals surface area contributed by atoms with Gasteiger partial charge in [-0.1, -0.05) is 48.5 Å². The molecule has 0 saturated heterocycles. The fraction of sp³-hybridized carbons (Fsp3) is 0.120. The molecule has 0 radical (unpaired) electrons. The van der Waals surface area contributed by atoms with E-state index in [9.17, 15) is 4.79 Å². The minimum Gasteiger partial charge on any atom is -0.496 e. The minimum atomic E-state index is -0.187. The summed E-state index contributed by atoms with van der Waals surface area (Å²) < 4.78 is 8.93. The number of amides is 1. The summed E-state index contributed by atoms with van der Waals surface area (Å²) in [5.41, 5.74) is 5.10. The third-order valence-electron chi connectivity index (χ3n) is 4.92. The van der Waals surface area contributed by atoms with Crippen LogP contribution in [0.15, 0.2) is 77.8 Å². The number of nitrogens with one attached hydrogen (secondary N) is 2. The summed E-state index contributed by atoms with van der Waals surface area (Å²) in [5, 5.41) is 3.79. The van der Waals surface area contributed by atoms with Gasteiger partial charge in [0, 0.05) is 11.3 Å². The maximum atomic E-state index is 12.8. The summed E-state index contributed by atoms with van der Waals surface area (Å²) in [4.78, 5) is 18.6. The third kappa shape index (κ3) is 4.95. The van der Waals surface area contributed by atoms with Crippen LogP contribution in [0.3, 0.4) is 0 Å². The maximum Gasteiger partial charge on any atom is 0.267 e. The van der Waals surface area contributed by atoms with Crippen molar-refractivity contribution in [3.63, 3.8) is 0 Å². The Kier molecular flexibility index (Phi) is 6.78. The molecule has 0 atom stereocenters. The van der Waals surface area contributed by atoms with Crippen molar-refractivity contribution in [1.29, 1.82) is 0 Å². The number of carbonyl (C=O) groups excluding carboxylic acids is 1. The van der Waals surface area contributed by atoms with Gasteiger partial charge < -0.3 is 14.8 Å². The predicted octanol–water partition coefficient (Wildman–Crippen LogP) is 6.81. The number of anilines is 2. The molecule has 0 aliphatic rings. The normalized spacial score (nSPS) is 10.6. The van der Waals surface area contributed by atoms with E-state index in [1.807, 2.05) is 54.6 Å². The first kappa shape index (κ1) is 21.9. The number of aromatic nitrogens is 1. The van der Waals surface area contributed by atoms with Crippen LogP contribution < -0.4 is 14.8 Å². The van der Waals surface area contributed by atoms with Crippen molar-refractivity contribution in [2.45, 2.75) is 18.7 Å². The molecule has 1 aromatic heterocycles. The van der Waals surface area contributed by atoms with Crippen LogP contribution in [0.4, 0.5) is 11.4 Å². The predicted molar refractivity (Wildman–Crippen MR) is 134 cm³/mol. The highest BCUT2D eigenvalue weighted by atomic mass is 32.2. The molecule has 7 heteroatoms. The highest BCUT2D eigenvalue weighted by Gasteiger charge is 2.14. The molecule has 0 aliphatic heterocycles. The van der Waals surface area contributed by atoms with E-state index in [1.165, 1.54) is 34.4 Å². The van der Waals surface area contributed by atoms with E-state index in [0.29, 0.717) is 10.6 Å². The molecule has 0 saturated carbocycles. The average Bonchev–Trinajstić information content (AvgIpc) is 3.30. The average molecular weight is 462 g/mol. The van der Waals surface area contributed by atoms with Crippen LogP contribution in [0.5, 0.6) is 5.75 Å². The van der Waals surface area contributed by atoms with Crippen molar-refractivity contribution in [2.75, 3.05) is 17.1 Å². The van der Waals surface area contributed by atoms with Gasteiger partial charge in [-0.05, 0) is 55.1 Å². The number of aryl methyl sites for hydroxylation is 2. The molecule has 4 aromatic rings. The number of carbonyl (C=O) groups is 1. The molecule has 0 aliphatic carbocycles. The molecule has 2 N–H and O–H groups in total. The molecular weight excluding hydrogens is 438 g/mol. The van der Waals surface area contributed by atoms with E-state index < -0.39 is 0 Å². The first-order chi connectivity index (χ1) is 15.5. The molecule has 1 amide bonds. The Morgan fingerprint density at radius 1 is 1.00 bits per heavy atom. The second kappa shape index (κ2) is 9.89. The van der Waals surface area contributed by atoms with Gasteiger partial charge >= 0.3 is 0 Å². The highest BCUT2D eigenvalue weighted by molar-refractivity contribution is 8.00. The highest BCUT2D eigenvalue weighted by Crippen LogP contribution is 2.34. The van der Waals surface area contributed by atoms with Gasteiger partial charge in [0.1, 0.15) is 15.6 Å². The lowest BCUT2D eigenvalue weighted by atomic mass is 10.1. The third-order valence-corrected chi connectivity index (χ3v) is 6.81. The van der Waals surface area contributed by atoms with E-state index in [4.69, 9.17) is 4.74 Å². The van der Waals surface area contributed by atoms with Crippen molar-refractivity contribution in [2.24, 2.45) is 0 Å². The van der Waals surface area contributed by atoms with Gasteiger partial charge in [0.25, 0.3) is 5.91 Å². The molecule has 0 fully saturated rings. The molecule has 1 heterocycles. The Morgan fingerprint density at radius 2 is 1.75 bits per heavy atom. The minimum absolute atomic E-state index is 0.187. The molecule has 3 aromatic carbocycles. The van der Waals surface area contributed by atoms with Crippen molar-refractivity contribution < 1.29 is 9.53 Å². The zero-order valence-electron chi connectivity index (χ0n) is 18.0. The van der Waals surface area contributed by atoms with Gasteiger partial charge in [-0.25, -0.2) is 4.98 Å². The van der Waals surface area contributed by atoms with Gasteiger partial charge in [-0.3, -0.25) is 4.79 Å². The monoisotopic (exact) mass is 461 g/mol. The molecule has 5 nitrogen and oxygen atoms in total. The molecule has 4 rings (SSSR count). The first-order valence-corrected chi connectivity index (χ1v) is 11.7. The van der Waals surface area contributed by atoms with Crippen LogP contribution in [0.2, 0.25) is 0 Å². The summed E-state index contributed by atoms with van der Waals surface area (Å²) in [5.74, 6) is 0.546. The van der Waals surface area contributed by atoms with Crippen molar-refractivity contribution in [3.05, 3.63) is 88.9 Å². The molecule has 0 spiro atoms. The van der Waals surface area contributed by atoms with Crippen molar-refractivity contribution >= 4 is 40.6 Å². The quantitative estimate of drug-likeness (QED) is 0.296. The van der Waals surface area contributed by atoms with Crippen molar-refractivity contribution in [3.8, 4) is 16.3 Å². The standard InChI is InChI=1S/C25H23N3O2S2/c1-16-8-7-9-17(2)23(16)28-32-21-14-19(12-13-20(21)30-3)27-24(29)22-15-26-25(31-22)18-10-5-4-6-11-18/h4-15,28H,1-3H3,(H,27,29). The van der Waals surface area contributed by atoms with Crippen LogP contribution in [-0.2, 0) is 0 Å². The second-order valence-corrected chi connectivity index (χ2v) is 9.07. The Morgan fingerprint density at radius 3 is 2.47 bits per heavy atom. The largest absolute Gasteiger partial charge is 0.496 e. The number of methoxy groups -OCH3 is 1. The smallest absolute Gasteiger partial charge is 0.267 e. The number of ether oxygens (including phenoxy) is 1. The fourth-order valence-electron chi connectivity index (χ4n) is 3.20. The Hall–Kier alpha value is -3.29. The Labute approximate surface area is 196 Å². The Bertz CT molecular complexity index is 1220. The molecular formula is C25H23N3O2S2. The number of rotatable bonds is 7. The fourth-order valence-corrected chi connectivity index (χ4v) is 4.99. The molecule has 162 valence electrons. The number of hydrogen-bond donors (Lipinski definition) is 2. The molecule has 0 unspecified atom stereocenters. The first-order valence-electron chi connectivity index (χ1n) is 10.0. The number of nitrogens with zero attached hydrogens (tertiary/aromatic N) is 1. The second-order valence-electron chi connectivity index (χ2n) is 7.19. The topological polar surface area (TPSA) is 63.2 Å². The van der Waals surface area contributed by atoms with E-state index in [-0.39, 0.29) is 5.91 Å². The summed E-state index contributed by atoms with van der Waals surface area (Å²) >= 11 is 2.83. The summed E-state index contributed by atoms with van der Waals surface area (Å²) in [6.07, 6.45) is 1.62. The van der Waals surface area contributed by atoms with E-state index in [2.05, 4.69) is 41.0 Å². The van der Waals surface area contributed by atoms with Crippen LogP contribution >= 0.6 is 23.3 Å². The van der Waals surface area contributed by atoms with E-state index in [0.717, 1.165) is 26.9 Å². The number of benzene rings is 3. The number of thiazole rings is 1. The lowest BCUT2D eigenvalue weighted by Crippen LogP contribution is -2.10. The van der Waals surface area contributed by atoms with Gasteiger partial charge in [0.15, 0.2) is 0 Å².